The second-order valence-corrected chi connectivity index (χ2v) is 7.52. The van der Waals surface area contributed by atoms with Crippen LogP contribution in [0.4, 0.5) is 5.69 Å². The number of nitrogens with one attached hydrogen (secondary N) is 1. The molecule has 1 amide bonds. The van der Waals surface area contributed by atoms with Crippen LogP contribution in [0.25, 0.3) is 22.2 Å². The van der Waals surface area contributed by atoms with Gasteiger partial charge in [0, 0.05) is 41.8 Å². The number of hydrogen-bond acceptors (Lipinski definition) is 4. The number of nitrogens with zero attached hydrogens (tertiary/aromatic N) is 5. The van der Waals surface area contributed by atoms with Crippen molar-refractivity contribution in [1.29, 1.82) is 0 Å². The molecule has 32 heavy (non-hydrogen) atoms. The zero-order valence-electron chi connectivity index (χ0n) is 17.6. The van der Waals surface area contributed by atoms with Crippen LogP contribution in [0.3, 0.4) is 0 Å². The molecule has 0 unspecified atom stereocenters. The van der Waals surface area contributed by atoms with Gasteiger partial charge in [0.25, 0.3) is 5.91 Å². The van der Waals surface area contributed by atoms with Gasteiger partial charge in [0.2, 0.25) is 0 Å². The summed E-state index contributed by atoms with van der Waals surface area (Å²) in [6.07, 6.45) is 7.39. The number of amides is 1. The first-order valence-electron chi connectivity index (χ1n) is 10.5. The summed E-state index contributed by atoms with van der Waals surface area (Å²) >= 11 is 0. The maximum Gasteiger partial charge on any atom is 0.256 e. The Morgan fingerprint density at radius 1 is 1.00 bits per heavy atom. The zero-order valence-corrected chi connectivity index (χ0v) is 17.6. The minimum atomic E-state index is -0.177. The Balaban J connectivity index is 1.48. The molecule has 5 aromatic rings. The molecule has 158 valence electrons. The number of fused-ring (bicyclic) bond motifs is 1. The molecule has 5 rings (SSSR count). The van der Waals surface area contributed by atoms with Gasteiger partial charge in [0.05, 0.1) is 29.5 Å². The molecule has 2 aromatic carbocycles. The van der Waals surface area contributed by atoms with Crippen molar-refractivity contribution in [1.82, 2.24) is 24.5 Å². The quantitative estimate of drug-likeness (QED) is 0.433. The topological polar surface area (TPSA) is 77.6 Å². The fraction of sp³-hybridized carbons (Fsp3) is 0.120. The smallest absolute Gasteiger partial charge is 0.256 e. The van der Waals surface area contributed by atoms with E-state index in [2.05, 4.69) is 15.5 Å². The fourth-order valence-electron chi connectivity index (χ4n) is 3.71. The van der Waals surface area contributed by atoms with Gasteiger partial charge in [-0.25, -0.2) is 4.98 Å². The molecule has 0 aliphatic carbocycles. The van der Waals surface area contributed by atoms with Crippen LogP contribution in [0, 0.1) is 0 Å². The second-order valence-electron chi connectivity index (χ2n) is 7.52. The fourth-order valence-corrected chi connectivity index (χ4v) is 3.71. The monoisotopic (exact) mass is 422 g/mol. The van der Waals surface area contributed by atoms with Crippen LogP contribution in [-0.2, 0) is 13.1 Å². The van der Waals surface area contributed by atoms with Gasteiger partial charge in [-0.1, -0.05) is 30.3 Å². The van der Waals surface area contributed by atoms with Gasteiger partial charge >= 0.3 is 0 Å². The molecule has 0 atom stereocenters. The number of benzene rings is 2. The average molecular weight is 422 g/mol. The van der Waals surface area contributed by atoms with E-state index in [0.29, 0.717) is 12.1 Å². The molecule has 1 N–H and O–H groups in total. The first-order chi connectivity index (χ1) is 15.7. The van der Waals surface area contributed by atoms with Crippen LogP contribution in [0.5, 0.6) is 0 Å². The second kappa shape index (κ2) is 8.47. The van der Waals surface area contributed by atoms with Gasteiger partial charge < -0.3 is 5.32 Å². The number of carbonyl (C=O) groups excluding carboxylic acids is 1. The van der Waals surface area contributed by atoms with E-state index in [4.69, 9.17) is 4.98 Å². The summed E-state index contributed by atoms with van der Waals surface area (Å²) in [4.78, 5) is 18.1. The molecule has 0 saturated carbocycles. The first-order valence-corrected chi connectivity index (χ1v) is 10.5. The predicted molar refractivity (Wildman–Crippen MR) is 124 cm³/mol. The Morgan fingerprint density at radius 2 is 1.91 bits per heavy atom. The molecule has 0 aliphatic heterocycles. The number of anilines is 1. The molecule has 7 heteroatoms. The third-order valence-electron chi connectivity index (χ3n) is 5.30. The number of pyridine rings is 1. The number of carbonyl (C=O) groups is 1. The average Bonchev–Trinajstić information content (AvgIpc) is 3.50. The number of aromatic nitrogens is 5. The number of hydrogen-bond donors (Lipinski definition) is 1. The highest BCUT2D eigenvalue weighted by atomic mass is 16.1. The summed E-state index contributed by atoms with van der Waals surface area (Å²) in [6.45, 7) is 3.44. The normalized spacial score (nSPS) is 11.0. The van der Waals surface area contributed by atoms with E-state index in [-0.39, 0.29) is 5.91 Å². The molecular formula is C25H22N6O. The van der Waals surface area contributed by atoms with E-state index >= 15 is 0 Å². The molecule has 7 nitrogen and oxygen atoms in total. The predicted octanol–water partition coefficient (Wildman–Crippen LogP) is 4.62. The Bertz CT molecular complexity index is 1390. The van der Waals surface area contributed by atoms with Crippen molar-refractivity contribution in [3.8, 4) is 11.3 Å². The van der Waals surface area contributed by atoms with Crippen molar-refractivity contribution in [2.24, 2.45) is 0 Å². The molecule has 0 spiro atoms. The summed E-state index contributed by atoms with van der Waals surface area (Å²) in [6, 6.07) is 19.2. The van der Waals surface area contributed by atoms with Gasteiger partial charge in [0.15, 0.2) is 0 Å². The van der Waals surface area contributed by atoms with Crippen molar-refractivity contribution >= 4 is 22.5 Å². The maximum absolute atomic E-state index is 13.3. The van der Waals surface area contributed by atoms with E-state index in [1.807, 2.05) is 89.3 Å². The Morgan fingerprint density at radius 3 is 2.72 bits per heavy atom. The van der Waals surface area contributed by atoms with Gasteiger partial charge in [-0.15, -0.1) is 0 Å². The third-order valence-corrected chi connectivity index (χ3v) is 5.30. The first kappa shape index (κ1) is 19.7. The number of rotatable bonds is 6. The summed E-state index contributed by atoms with van der Waals surface area (Å²) in [5, 5.41) is 12.4. The molecule has 0 aliphatic rings. The standard InChI is InChI=1S/C25H22N6O/c1-2-30-17-19(15-27-30)24-14-22(21-9-3-4-10-23(21)29-24)25(32)28-20-8-5-7-18(13-20)16-31-12-6-11-26-31/h3-15,17H,2,16H2,1H3,(H,28,32). The van der Waals surface area contributed by atoms with E-state index in [1.54, 1.807) is 12.4 Å². The Hall–Kier alpha value is -4.26. The van der Waals surface area contributed by atoms with E-state index < -0.39 is 0 Å². The van der Waals surface area contributed by atoms with Gasteiger partial charge in [-0.2, -0.15) is 10.2 Å². The van der Waals surface area contributed by atoms with Crippen molar-refractivity contribution in [2.45, 2.75) is 20.0 Å². The lowest BCUT2D eigenvalue weighted by Gasteiger charge is -2.11. The van der Waals surface area contributed by atoms with Gasteiger partial charge in [0.1, 0.15) is 0 Å². The van der Waals surface area contributed by atoms with Crippen LogP contribution in [0.2, 0.25) is 0 Å². The minimum absolute atomic E-state index is 0.177. The largest absolute Gasteiger partial charge is 0.322 e. The minimum Gasteiger partial charge on any atom is -0.322 e. The van der Waals surface area contributed by atoms with Crippen LogP contribution in [0.15, 0.2) is 85.5 Å². The Labute approximate surface area is 185 Å². The molecule has 3 aromatic heterocycles. The molecule has 0 bridgehead atoms. The number of para-hydroxylation sites is 1. The highest BCUT2D eigenvalue weighted by Crippen LogP contribution is 2.25. The van der Waals surface area contributed by atoms with Crippen LogP contribution < -0.4 is 5.32 Å². The van der Waals surface area contributed by atoms with Gasteiger partial charge in [-0.05, 0) is 42.8 Å². The van der Waals surface area contributed by atoms with Crippen molar-refractivity contribution < 1.29 is 4.79 Å². The Kier molecular flexibility index (Phi) is 5.21. The van der Waals surface area contributed by atoms with Crippen LogP contribution >= 0.6 is 0 Å². The third kappa shape index (κ3) is 4.00. The van der Waals surface area contributed by atoms with Crippen molar-refractivity contribution in [3.63, 3.8) is 0 Å². The lowest BCUT2D eigenvalue weighted by atomic mass is 10.0. The lowest BCUT2D eigenvalue weighted by Crippen LogP contribution is -2.13. The highest BCUT2D eigenvalue weighted by molar-refractivity contribution is 6.13. The molecular weight excluding hydrogens is 400 g/mol. The van der Waals surface area contributed by atoms with Crippen LogP contribution in [0.1, 0.15) is 22.8 Å². The lowest BCUT2D eigenvalue weighted by molar-refractivity contribution is 0.102. The molecule has 3 heterocycles. The maximum atomic E-state index is 13.3. The highest BCUT2D eigenvalue weighted by Gasteiger charge is 2.15. The van der Waals surface area contributed by atoms with Crippen molar-refractivity contribution in [2.75, 3.05) is 5.32 Å². The SMILES string of the molecule is CCn1cc(-c2cc(C(=O)Nc3cccc(Cn4cccn4)c3)c3ccccc3n2)cn1. The van der Waals surface area contributed by atoms with Crippen molar-refractivity contribution in [3.05, 3.63) is 96.6 Å². The summed E-state index contributed by atoms with van der Waals surface area (Å²) < 4.78 is 3.69. The molecule has 0 fully saturated rings. The number of aryl methyl sites for hydroxylation is 1. The van der Waals surface area contributed by atoms with Gasteiger partial charge in [-0.3, -0.25) is 14.2 Å². The van der Waals surface area contributed by atoms with E-state index in [9.17, 15) is 4.79 Å². The molecule has 0 radical (unpaired) electrons. The summed E-state index contributed by atoms with van der Waals surface area (Å²) in [5.41, 5.74) is 4.74. The van der Waals surface area contributed by atoms with Crippen LogP contribution in [-0.4, -0.2) is 30.5 Å². The summed E-state index contributed by atoms with van der Waals surface area (Å²) in [5.74, 6) is -0.177. The van der Waals surface area contributed by atoms with E-state index in [0.717, 1.165) is 40.0 Å². The van der Waals surface area contributed by atoms with E-state index in [1.165, 1.54) is 0 Å². The summed E-state index contributed by atoms with van der Waals surface area (Å²) in [7, 11) is 0. The zero-order chi connectivity index (χ0) is 21.9. The molecule has 0 saturated heterocycles.